The van der Waals surface area contributed by atoms with Crippen molar-refractivity contribution in [2.24, 2.45) is 5.92 Å². The van der Waals surface area contributed by atoms with Crippen molar-refractivity contribution in [1.82, 2.24) is 9.21 Å². The van der Waals surface area contributed by atoms with Gasteiger partial charge in [0.2, 0.25) is 15.9 Å². The SMILES string of the molecule is C=C[C@@H]1OCC[C@H]1C(=O)N1CCCC(S(=O)(=O)N(C)C)C1. The normalized spacial score (nSPS) is 30.6. The third-order valence-corrected chi connectivity index (χ3v) is 6.55. The third kappa shape index (κ3) is 3.30. The fourth-order valence-electron chi connectivity index (χ4n) is 3.02. The number of likely N-dealkylation sites (tertiary alicyclic amines) is 1. The van der Waals surface area contributed by atoms with Crippen molar-refractivity contribution in [2.75, 3.05) is 33.8 Å². The Hall–Kier alpha value is -0.920. The van der Waals surface area contributed by atoms with Crippen molar-refractivity contribution in [2.45, 2.75) is 30.6 Å². The van der Waals surface area contributed by atoms with E-state index < -0.39 is 15.3 Å². The van der Waals surface area contributed by atoms with Gasteiger partial charge in [0.05, 0.1) is 17.3 Å². The van der Waals surface area contributed by atoms with Crippen molar-refractivity contribution in [1.29, 1.82) is 0 Å². The monoisotopic (exact) mass is 316 g/mol. The first-order chi connectivity index (χ1) is 9.87. The Morgan fingerprint density at radius 3 is 2.71 bits per heavy atom. The number of piperidine rings is 1. The summed E-state index contributed by atoms with van der Waals surface area (Å²) in [5.74, 6) is -0.223. The van der Waals surface area contributed by atoms with Gasteiger partial charge in [0.15, 0.2) is 0 Å². The van der Waals surface area contributed by atoms with Crippen LogP contribution in [-0.2, 0) is 19.6 Å². The summed E-state index contributed by atoms with van der Waals surface area (Å²) in [6.45, 7) is 5.16. The van der Waals surface area contributed by atoms with Crippen molar-refractivity contribution in [3.8, 4) is 0 Å². The van der Waals surface area contributed by atoms with Gasteiger partial charge >= 0.3 is 0 Å². The average Bonchev–Trinajstić information content (AvgIpc) is 2.94. The highest BCUT2D eigenvalue weighted by Crippen LogP contribution is 2.27. The van der Waals surface area contributed by atoms with E-state index in [-0.39, 0.29) is 24.5 Å². The zero-order valence-electron chi connectivity index (χ0n) is 12.7. The molecule has 2 fully saturated rings. The second-order valence-electron chi connectivity index (χ2n) is 5.84. The van der Waals surface area contributed by atoms with Crippen LogP contribution in [0.25, 0.3) is 0 Å². The predicted octanol–water partition coefficient (Wildman–Crippen LogP) is 0.460. The molecule has 7 heteroatoms. The molecule has 0 saturated carbocycles. The second kappa shape index (κ2) is 6.46. The molecule has 2 aliphatic rings. The smallest absolute Gasteiger partial charge is 0.228 e. The van der Waals surface area contributed by atoms with E-state index in [1.165, 1.54) is 18.4 Å². The molecule has 0 aromatic carbocycles. The van der Waals surface area contributed by atoms with Crippen LogP contribution in [0, 0.1) is 5.92 Å². The van der Waals surface area contributed by atoms with E-state index in [9.17, 15) is 13.2 Å². The Morgan fingerprint density at radius 1 is 1.38 bits per heavy atom. The van der Waals surface area contributed by atoms with E-state index in [1.54, 1.807) is 11.0 Å². The number of rotatable bonds is 4. The number of ether oxygens (including phenoxy) is 1. The van der Waals surface area contributed by atoms with E-state index in [0.29, 0.717) is 26.0 Å². The number of hydrogen-bond donors (Lipinski definition) is 0. The Balaban J connectivity index is 2.07. The van der Waals surface area contributed by atoms with Crippen LogP contribution in [0.4, 0.5) is 0 Å². The number of carbonyl (C=O) groups is 1. The molecule has 21 heavy (non-hydrogen) atoms. The minimum atomic E-state index is -3.32. The Labute approximate surface area is 126 Å². The molecule has 2 rings (SSSR count). The maximum absolute atomic E-state index is 12.6. The molecule has 120 valence electrons. The number of nitrogens with zero attached hydrogens (tertiary/aromatic N) is 2. The molecule has 0 aromatic rings. The van der Waals surface area contributed by atoms with E-state index in [0.717, 1.165) is 6.42 Å². The molecule has 0 N–H and O–H groups in total. The highest BCUT2D eigenvalue weighted by Gasteiger charge is 2.39. The van der Waals surface area contributed by atoms with Crippen LogP contribution in [0.5, 0.6) is 0 Å². The highest BCUT2D eigenvalue weighted by atomic mass is 32.2. The fourth-order valence-corrected chi connectivity index (χ4v) is 4.45. The van der Waals surface area contributed by atoms with Crippen molar-refractivity contribution < 1.29 is 17.9 Å². The predicted molar refractivity (Wildman–Crippen MR) is 80.3 cm³/mol. The van der Waals surface area contributed by atoms with Gasteiger partial charge in [0.25, 0.3) is 0 Å². The summed E-state index contributed by atoms with van der Waals surface area (Å²) in [6, 6.07) is 0. The molecule has 0 aromatic heterocycles. The van der Waals surface area contributed by atoms with Gasteiger partial charge in [-0.05, 0) is 19.3 Å². The van der Waals surface area contributed by atoms with Crippen LogP contribution in [0.15, 0.2) is 12.7 Å². The Morgan fingerprint density at radius 2 is 2.10 bits per heavy atom. The molecule has 2 saturated heterocycles. The number of carbonyl (C=O) groups excluding carboxylic acids is 1. The molecule has 1 unspecified atom stereocenters. The lowest BCUT2D eigenvalue weighted by Gasteiger charge is -2.35. The summed E-state index contributed by atoms with van der Waals surface area (Å²) < 4.78 is 31.2. The summed E-state index contributed by atoms with van der Waals surface area (Å²) in [7, 11) is -0.248. The van der Waals surface area contributed by atoms with Crippen LogP contribution in [0.3, 0.4) is 0 Å². The lowest BCUT2D eigenvalue weighted by atomic mass is 9.98. The molecule has 2 aliphatic heterocycles. The van der Waals surface area contributed by atoms with Gasteiger partial charge in [-0.2, -0.15) is 0 Å². The molecule has 1 amide bonds. The molecule has 0 radical (unpaired) electrons. The zero-order valence-corrected chi connectivity index (χ0v) is 13.5. The van der Waals surface area contributed by atoms with Gasteiger partial charge in [-0.1, -0.05) is 6.08 Å². The second-order valence-corrected chi connectivity index (χ2v) is 8.27. The molecule has 3 atom stereocenters. The molecule has 0 bridgehead atoms. The first-order valence-corrected chi connectivity index (χ1v) is 8.82. The lowest BCUT2D eigenvalue weighted by Crippen LogP contribution is -2.50. The summed E-state index contributed by atoms with van der Waals surface area (Å²) in [5.41, 5.74) is 0. The van der Waals surface area contributed by atoms with E-state index >= 15 is 0 Å². The first kappa shape index (κ1) is 16.5. The maximum atomic E-state index is 12.6. The Bertz CT molecular complexity index is 503. The Kier molecular flexibility index (Phi) is 5.06. The van der Waals surface area contributed by atoms with E-state index in [1.807, 2.05) is 0 Å². The molecule has 6 nitrogen and oxygen atoms in total. The minimum Gasteiger partial charge on any atom is -0.373 e. The minimum absolute atomic E-state index is 0.00365. The standard InChI is InChI=1S/C14H24N2O4S/c1-4-13-12(7-9-20-13)14(17)16-8-5-6-11(10-16)21(18,19)15(2)3/h4,11-13H,1,5-10H2,2-3H3/t11?,12-,13+/m1/s1. The fraction of sp³-hybridized carbons (Fsp3) is 0.786. The summed E-state index contributed by atoms with van der Waals surface area (Å²) in [4.78, 5) is 14.3. The number of amides is 1. The van der Waals surface area contributed by atoms with Gasteiger partial charge in [-0.15, -0.1) is 6.58 Å². The number of sulfonamides is 1. The molecule has 2 heterocycles. The highest BCUT2D eigenvalue weighted by molar-refractivity contribution is 7.89. The maximum Gasteiger partial charge on any atom is 0.228 e. The first-order valence-electron chi connectivity index (χ1n) is 7.32. The van der Waals surface area contributed by atoms with Gasteiger partial charge in [0, 0.05) is 33.8 Å². The number of hydrogen-bond acceptors (Lipinski definition) is 4. The topological polar surface area (TPSA) is 66.9 Å². The molecular formula is C14H24N2O4S. The zero-order chi connectivity index (χ0) is 15.6. The van der Waals surface area contributed by atoms with Crippen LogP contribution >= 0.6 is 0 Å². The van der Waals surface area contributed by atoms with Gasteiger partial charge in [0.1, 0.15) is 0 Å². The van der Waals surface area contributed by atoms with Gasteiger partial charge < -0.3 is 9.64 Å². The third-order valence-electron chi connectivity index (χ3n) is 4.31. The van der Waals surface area contributed by atoms with Crippen LogP contribution < -0.4 is 0 Å². The van der Waals surface area contributed by atoms with Crippen LogP contribution in [0.2, 0.25) is 0 Å². The van der Waals surface area contributed by atoms with Crippen molar-refractivity contribution >= 4 is 15.9 Å². The van der Waals surface area contributed by atoms with Crippen molar-refractivity contribution in [3.63, 3.8) is 0 Å². The van der Waals surface area contributed by atoms with Crippen molar-refractivity contribution in [3.05, 3.63) is 12.7 Å². The van der Waals surface area contributed by atoms with Crippen LogP contribution in [-0.4, -0.2) is 68.7 Å². The lowest BCUT2D eigenvalue weighted by molar-refractivity contribution is -0.137. The molecule has 0 aliphatic carbocycles. The summed E-state index contributed by atoms with van der Waals surface area (Å²) in [6.07, 6.45) is 3.42. The summed E-state index contributed by atoms with van der Waals surface area (Å²) in [5, 5.41) is -0.505. The quantitative estimate of drug-likeness (QED) is 0.707. The van der Waals surface area contributed by atoms with E-state index in [4.69, 9.17) is 4.74 Å². The van der Waals surface area contributed by atoms with E-state index in [2.05, 4.69) is 6.58 Å². The summed E-state index contributed by atoms with van der Waals surface area (Å²) >= 11 is 0. The molecular weight excluding hydrogens is 292 g/mol. The van der Waals surface area contributed by atoms with Gasteiger partial charge in [-0.25, -0.2) is 12.7 Å². The van der Waals surface area contributed by atoms with Gasteiger partial charge in [-0.3, -0.25) is 4.79 Å². The van der Waals surface area contributed by atoms with Crippen LogP contribution in [0.1, 0.15) is 19.3 Å². The molecule has 0 spiro atoms. The average molecular weight is 316 g/mol. The largest absolute Gasteiger partial charge is 0.373 e.